The molecule has 6 heteroatoms. The number of nitrogens with one attached hydrogen (secondary N) is 1. The SMILES string of the molecule is COC(CN)CC(=O)NCC(C)N1CCN(c2ccccc2)CC1. The summed E-state index contributed by atoms with van der Waals surface area (Å²) >= 11 is 0. The third-order valence-corrected chi connectivity index (χ3v) is 4.66. The standard InChI is InChI=1S/C18H30N4O2/c1-15(14-20-18(23)12-17(13-19)24-2)21-8-10-22(11-9-21)16-6-4-3-5-7-16/h3-7,15,17H,8-14,19H2,1-2H3,(H,20,23). The molecule has 24 heavy (non-hydrogen) atoms. The summed E-state index contributed by atoms with van der Waals surface area (Å²) in [6, 6.07) is 10.8. The molecule has 0 aliphatic carbocycles. The molecule has 2 rings (SSSR count). The number of nitrogens with zero attached hydrogens (tertiary/aromatic N) is 2. The van der Waals surface area contributed by atoms with Gasteiger partial charge in [0.15, 0.2) is 0 Å². The quantitative estimate of drug-likeness (QED) is 0.731. The van der Waals surface area contributed by atoms with Crippen LogP contribution in [0.4, 0.5) is 5.69 Å². The number of benzene rings is 1. The Labute approximate surface area is 144 Å². The molecule has 1 aliphatic heterocycles. The molecule has 2 unspecified atom stereocenters. The largest absolute Gasteiger partial charge is 0.380 e. The van der Waals surface area contributed by atoms with E-state index in [0.29, 0.717) is 25.6 Å². The van der Waals surface area contributed by atoms with Crippen molar-refractivity contribution >= 4 is 11.6 Å². The van der Waals surface area contributed by atoms with Crippen LogP contribution in [0.25, 0.3) is 0 Å². The van der Waals surface area contributed by atoms with Crippen molar-refractivity contribution in [1.82, 2.24) is 10.2 Å². The van der Waals surface area contributed by atoms with E-state index >= 15 is 0 Å². The topological polar surface area (TPSA) is 70.8 Å². The summed E-state index contributed by atoms with van der Waals surface area (Å²) < 4.78 is 5.15. The van der Waals surface area contributed by atoms with Crippen molar-refractivity contribution in [2.75, 3.05) is 51.3 Å². The molecule has 0 spiro atoms. The van der Waals surface area contributed by atoms with E-state index in [1.165, 1.54) is 5.69 Å². The molecule has 1 aromatic carbocycles. The van der Waals surface area contributed by atoms with Gasteiger partial charge in [0.05, 0.1) is 12.5 Å². The number of nitrogens with two attached hydrogens (primary N) is 1. The summed E-state index contributed by atoms with van der Waals surface area (Å²) in [6.45, 7) is 7.23. The number of para-hydroxylation sites is 1. The second kappa shape index (κ2) is 9.61. The summed E-state index contributed by atoms with van der Waals surface area (Å²) in [4.78, 5) is 16.8. The van der Waals surface area contributed by atoms with Gasteiger partial charge in [-0.1, -0.05) is 18.2 Å². The maximum Gasteiger partial charge on any atom is 0.222 e. The molecular formula is C18H30N4O2. The molecule has 3 N–H and O–H groups in total. The first-order valence-corrected chi connectivity index (χ1v) is 8.67. The van der Waals surface area contributed by atoms with E-state index in [4.69, 9.17) is 10.5 Å². The fourth-order valence-electron chi connectivity index (χ4n) is 2.99. The Hall–Kier alpha value is -1.63. The lowest BCUT2D eigenvalue weighted by molar-refractivity contribution is -0.123. The molecule has 1 aliphatic rings. The van der Waals surface area contributed by atoms with Crippen LogP contribution in [0, 0.1) is 0 Å². The van der Waals surface area contributed by atoms with Crippen LogP contribution < -0.4 is 16.0 Å². The van der Waals surface area contributed by atoms with Crippen LogP contribution in [0.3, 0.4) is 0 Å². The molecule has 134 valence electrons. The van der Waals surface area contributed by atoms with Crippen LogP contribution in [0.2, 0.25) is 0 Å². The predicted octanol–water partition coefficient (Wildman–Crippen LogP) is 0.677. The normalized spacial score (nSPS) is 18.2. The number of carbonyl (C=O) groups excluding carboxylic acids is 1. The van der Waals surface area contributed by atoms with Gasteiger partial charge in [-0.3, -0.25) is 9.69 Å². The van der Waals surface area contributed by atoms with Gasteiger partial charge in [0.2, 0.25) is 5.91 Å². The second-order valence-corrected chi connectivity index (χ2v) is 6.31. The number of piperazine rings is 1. The van der Waals surface area contributed by atoms with Gasteiger partial charge in [0.1, 0.15) is 0 Å². The van der Waals surface area contributed by atoms with Gasteiger partial charge in [0, 0.05) is 58.1 Å². The third kappa shape index (κ3) is 5.47. The number of carbonyl (C=O) groups is 1. The van der Waals surface area contributed by atoms with Crippen LogP contribution in [0.5, 0.6) is 0 Å². The number of methoxy groups -OCH3 is 1. The van der Waals surface area contributed by atoms with E-state index < -0.39 is 0 Å². The Bertz CT molecular complexity index is 485. The van der Waals surface area contributed by atoms with Gasteiger partial charge >= 0.3 is 0 Å². The highest BCUT2D eigenvalue weighted by Gasteiger charge is 2.21. The first-order valence-electron chi connectivity index (χ1n) is 8.67. The molecule has 2 atom stereocenters. The summed E-state index contributed by atoms with van der Waals surface area (Å²) in [7, 11) is 1.58. The highest BCUT2D eigenvalue weighted by atomic mass is 16.5. The van der Waals surface area contributed by atoms with E-state index in [1.54, 1.807) is 7.11 Å². The molecule has 1 saturated heterocycles. The summed E-state index contributed by atoms with van der Waals surface area (Å²) in [5.74, 6) is 0.00192. The van der Waals surface area contributed by atoms with Gasteiger partial charge in [-0.15, -0.1) is 0 Å². The van der Waals surface area contributed by atoms with Gasteiger partial charge in [-0.25, -0.2) is 0 Å². The van der Waals surface area contributed by atoms with Gasteiger partial charge in [0.25, 0.3) is 0 Å². The van der Waals surface area contributed by atoms with Crippen LogP contribution in [-0.4, -0.2) is 69.3 Å². The Morgan fingerprint density at radius 2 is 1.92 bits per heavy atom. The molecular weight excluding hydrogens is 304 g/mol. The first-order chi connectivity index (χ1) is 11.6. The number of hydrogen-bond acceptors (Lipinski definition) is 5. The molecule has 1 amide bonds. The summed E-state index contributed by atoms with van der Waals surface area (Å²) in [5, 5.41) is 2.99. The van der Waals surface area contributed by atoms with E-state index in [-0.39, 0.29) is 12.0 Å². The number of hydrogen-bond donors (Lipinski definition) is 2. The average molecular weight is 334 g/mol. The Kier molecular flexibility index (Phi) is 7.49. The number of anilines is 1. The van der Waals surface area contributed by atoms with E-state index in [9.17, 15) is 4.79 Å². The molecule has 1 aromatic rings. The second-order valence-electron chi connectivity index (χ2n) is 6.31. The smallest absolute Gasteiger partial charge is 0.222 e. The summed E-state index contributed by atoms with van der Waals surface area (Å²) in [5.41, 5.74) is 6.83. The molecule has 0 radical (unpaired) electrons. The van der Waals surface area contributed by atoms with Gasteiger partial charge < -0.3 is 20.7 Å². The lowest BCUT2D eigenvalue weighted by Crippen LogP contribution is -2.52. The number of rotatable bonds is 8. The van der Waals surface area contributed by atoms with Crippen LogP contribution >= 0.6 is 0 Å². The highest BCUT2D eigenvalue weighted by Crippen LogP contribution is 2.16. The van der Waals surface area contributed by atoms with Crippen molar-refractivity contribution in [1.29, 1.82) is 0 Å². The number of amides is 1. The fraction of sp³-hybridized carbons (Fsp3) is 0.611. The van der Waals surface area contributed by atoms with Crippen molar-refractivity contribution in [3.8, 4) is 0 Å². The minimum atomic E-state index is -0.199. The van der Waals surface area contributed by atoms with E-state index in [0.717, 1.165) is 26.2 Å². The minimum Gasteiger partial charge on any atom is -0.380 e. The zero-order valence-corrected chi connectivity index (χ0v) is 14.8. The maximum atomic E-state index is 11.9. The lowest BCUT2D eigenvalue weighted by atomic mass is 10.2. The van der Waals surface area contributed by atoms with Crippen molar-refractivity contribution in [3.63, 3.8) is 0 Å². The minimum absolute atomic E-state index is 0.00192. The van der Waals surface area contributed by atoms with E-state index in [1.807, 2.05) is 6.07 Å². The zero-order chi connectivity index (χ0) is 17.4. The first kappa shape index (κ1) is 18.7. The molecule has 1 heterocycles. The molecule has 6 nitrogen and oxygen atoms in total. The molecule has 0 saturated carbocycles. The predicted molar refractivity (Wildman–Crippen MR) is 97.2 cm³/mol. The molecule has 0 bridgehead atoms. The monoisotopic (exact) mass is 334 g/mol. The average Bonchev–Trinajstić information content (AvgIpc) is 2.65. The third-order valence-electron chi connectivity index (χ3n) is 4.66. The fourth-order valence-corrected chi connectivity index (χ4v) is 2.99. The van der Waals surface area contributed by atoms with Crippen LogP contribution in [0.1, 0.15) is 13.3 Å². The summed E-state index contributed by atoms with van der Waals surface area (Å²) in [6.07, 6.45) is 0.122. The van der Waals surface area contributed by atoms with Crippen molar-refractivity contribution < 1.29 is 9.53 Å². The van der Waals surface area contributed by atoms with Crippen LogP contribution in [-0.2, 0) is 9.53 Å². The van der Waals surface area contributed by atoms with Gasteiger partial charge in [-0.05, 0) is 19.1 Å². The zero-order valence-electron chi connectivity index (χ0n) is 14.8. The van der Waals surface area contributed by atoms with E-state index in [2.05, 4.69) is 46.3 Å². The lowest BCUT2D eigenvalue weighted by Gasteiger charge is -2.39. The van der Waals surface area contributed by atoms with Crippen LogP contribution in [0.15, 0.2) is 30.3 Å². The Balaban J connectivity index is 1.71. The molecule has 0 aromatic heterocycles. The van der Waals surface area contributed by atoms with Crippen molar-refractivity contribution in [2.45, 2.75) is 25.5 Å². The van der Waals surface area contributed by atoms with Crippen molar-refractivity contribution in [3.05, 3.63) is 30.3 Å². The van der Waals surface area contributed by atoms with Gasteiger partial charge in [-0.2, -0.15) is 0 Å². The molecule has 1 fully saturated rings. The Morgan fingerprint density at radius 1 is 1.25 bits per heavy atom. The number of ether oxygens (including phenoxy) is 1. The maximum absolute atomic E-state index is 11.9. The van der Waals surface area contributed by atoms with Crippen molar-refractivity contribution in [2.24, 2.45) is 5.73 Å². The Morgan fingerprint density at radius 3 is 2.50 bits per heavy atom. The highest BCUT2D eigenvalue weighted by molar-refractivity contribution is 5.76.